The molecule has 5 nitrogen and oxygen atoms in total. The number of benzene rings is 1. The van der Waals surface area contributed by atoms with Crippen molar-refractivity contribution in [2.45, 2.75) is 19.9 Å². The van der Waals surface area contributed by atoms with E-state index in [-0.39, 0.29) is 11.9 Å². The highest BCUT2D eigenvalue weighted by Crippen LogP contribution is 2.25. The van der Waals surface area contributed by atoms with E-state index >= 15 is 0 Å². The zero-order valence-corrected chi connectivity index (χ0v) is 10.7. The molecule has 1 aliphatic heterocycles. The molecule has 1 heterocycles. The van der Waals surface area contributed by atoms with Gasteiger partial charge in [-0.05, 0) is 25.5 Å². The van der Waals surface area contributed by atoms with Gasteiger partial charge >= 0.3 is 0 Å². The summed E-state index contributed by atoms with van der Waals surface area (Å²) in [5, 5.41) is 4.98. The van der Waals surface area contributed by atoms with E-state index in [0.717, 1.165) is 0 Å². The van der Waals surface area contributed by atoms with Crippen molar-refractivity contribution in [1.29, 1.82) is 0 Å². The maximum Gasteiger partial charge on any atom is 0.259 e. The van der Waals surface area contributed by atoms with Crippen LogP contribution >= 0.6 is 0 Å². The van der Waals surface area contributed by atoms with E-state index in [1.54, 1.807) is 32.0 Å². The van der Waals surface area contributed by atoms with Crippen LogP contribution in [0.1, 0.15) is 46.2 Å². The first-order valence-corrected chi connectivity index (χ1v) is 5.86. The molecule has 0 aliphatic carbocycles. The highest BCUT2D eigenvalue weighted by molar-refractivity contribution is 6.22. The zero-order valence-electron chi connectivity index (χ0n) is 10.7. The summed E-state index contributed by atoms with van der Waals surface area (Å²) in [7, 11) is 0. The van der Waals surface area contributed by atoms with Gasteiger partial charge in [0, 0.05) is 5.57 Å². The fraction of sp³-hybridized carbons (Fsp3) is 0.214. The summed E-state index contributed by atoms with van der Waals surface area (Å²) in [5.74, 6) is -1.11. The summed E-state index contributed by atoms with van der Waals surface area (Å²) in [6, 6.07) is 4.62. The number of nitrogens with one attached hydrogen (secondary N) is 2. The van der Waals surface area contributed by atoms with Crippen LogP contribution in [0.5, 0.6) is 0 Å². The largest absolute Gasteiger partial charge is 0.346 e. The molecule has 5 heteroatoms. The maximum absolute atomic E-state index is 11.8. The monoisotopic (exact) mass is 258 g/mol. The van der Waals surface area contributed by atoms with Crippen molar-refractivity contribution in [2.24, 2.45) is 0 Å². The molecule has 0 saturated carbocycles. The molecule has 0 spiro atoms. The van der Waals surface area contributed by atoms with Crippen molar-refractivity contribution in [2.75, 3.05) is 0 Å². The standard InChI is InChI=1S/C14H14N2O3/c1-7(2)12(17)15-8(3)9-5-4-6-10-11(9)14(19)16-13(10)18/h4-6,8H,1H2,2-3H3,(H,15,17)(H,16,18,19). The first-order chi connectivity index (χ1) is 8.91. The quantitative estimate of drug-likeness (QED) is 0.634. The van der Waals surface area contributed by atoms with Gasteiger partial charge in [0.25, 0.3) is 11.8 Å². The summed E-state index contributed by atoms with van der Waals surface area (Å²) >= 11 is 0. The van der Waals surface area contributed by atoms with Crippen LogP contribution in [0.4, 0.5) is 0 Å². The van der Waals surface area contributed by atoms with Crippen molar-refractivity contribution in [3.63, 3.8) is 0 Å². The number of carbonyl (C=O) groups excluding carboxylic acids is 3. The van der Waals surface area contributed by atoms with Gasteiger partial charge in [-0.3, -0.25) is 19.7 Å². The molecule has 2 rings (SSSR count). The Labute approximate surface area is 110 Å². The third-order valence-electron chi connectivity index (χ3n) is 3.00. The van der Waals surface area contributed by atoms with Gasteiger partial charge in [0.05, 0.1) is 17.2 Å². The Hall–Kier alpha value is -2.43. The minimum Gasteiger partial charge on any atom is -0.346 e. The van der Waals surface area contributed by atoms with E-state index < -0.39 is 11.8 Å². The third kappa shape index (κ3) is 2.27. The van der Waals surface area contributed by atoms with E-state index in [1.165, 1.54) is 0 Å². The molecular formula is C14H14N2O3. The van der Waals surface area contributed by atoms with E-state index in [1.807, 2.05) is 0 Å². The average Bonchev–Trinajstić information content (AvgIpc) is 2.65. The Balaban J connectivity index is 2.37. The first-order valence-electron chi connectivity index (χ1n) is 5.86. The molecule has 1 aliphatic rings. The molecule has 2 N–H and O–H groups in total. The van der Waals surface area contributed by atoms with Gasteiger partial charge < -0.3 is 5.32 Å². The maximum atomic E-state index is 11.8. The number of fused-ring (bicyclic) bond motifs is 1. The Morgan fingerprint density at radius 1 is 1.32 bits per heavy atom. The molecule has 0 saturated heterocycles. The SMILES string of the molecule is C=C(C)C(=O)NC(C)c1cccc2c1C(=O)NC2=O. The van der Waals surface area contributed by atoms with Crippen LogP contribution in [0.15, 0.2) is 30.4 Å². The summed E-state index contributed by atoms with van der Waals surface area (Å²) in [4.78, 5) is 34.9. The third-order valence-corrected chi connectivity index (χ3v) is 3.00. The summed E-state index contributed by atoms with van der Waals surface area (Å²) in [5.41, 5.74) is 1.69. The number of carbonyl (C=O) groups is 3. The normalized spacial score (nSPS) is 14.6. The van der Waals surface area contributed by atoms with Crippen LogP contribution < -0.4 is 10.6 Å². The van der Waals surface area contributed by atoms with E-state index in [9.17, 15) is 14.4 Å². The Morgan fingerprint density at radius 2 is 2.00 bits per heavy atom. The Kier molecular flexibility index (Phi) is 3.21. The molecule has 1 atom stereocenters. The number of amides is 3. The number of hydrogen-bond acceptors (Lipinski definition) is 3. The second-order valence-electron chi connectivity index (χ2n) is 4.53. The van der Waals surface area contributed by atoms with Gasteiger partial charge in [0.15, 0.2) is 0 Å². The highest BCUT2D eigenvalue weighted by Gasteiger charge is 2.30. The topological polar surface area (TPSA) is 75.3 Å². The lowest BCUT2D eigenvalue weighted by Gasteiger charge is -2.16. The van der Waals surface area contributed by atoms with Gasteiger partial charge in [-0.15, -0.1) is 0 Å². The van der Waals surface area contributed by atoms with Crippen LogP contribution in [-0.4, -0.2) is 17.7 Å². The molecule has 3 amide bonds. The number of rotatable bonds is 3. The molecule has 1 aromatic carbocycles. The Bertz CT molecular complexity index is 605. The molecule has 98 valence electrons. The predicted octanol–water partition coefficient (Wildman–Crippen LogP) is 1.32. The molecular weight excluding hydrogens is 244 g/mol. The first kappa shape index (κ1) is 13.0. The summed E-state index contributed by atoms with van der Waals surface area (Å²) < 4.78 is 0. The lowest BCUT2D eigenvalue weighted by Crippen LogP contribution is -2.28. The van der Waals surface area contributed by atoms with Crippen molar-refractivity contribution in [3.8, 4) is 0 Å². The average molecular weight is 258 g/mol. The smallest absolute Gasteiger partial charge is 0.259 e. The van der Waals surface area contributed by atoms with Gasteiger partial charge in [-0.1, -0.05) is 18.7 Å². The van der Waals surface area contributed by atoms with Gasteiger partial charge in [-0.25, -0.2) is 0 Å². The minimum absolute atomic E-state index is 0.283. The second kappa shape index (κ2) is 4.68. The van der Waals surface area contributed by atoms with Crippen LogP contribution in [0.25, 0.3) is 0 Å². The van der Waals surface area contributed by atoms with Crippen molar-refractivity contribution in [3.05, 3.63) is 47.0 Å². The lowest BCUT2D eigenvalue weighted by atomic mass is 9.97. The molecule has 1 unspecified atom stereocenters. The fourth-order valence-electron chi connectivity index (χ4n) is 2.00. The zero-order chi connectivity index (χ0) is 14.2. The summed E-state index contributed by atoms with van der Waals surface area (Å²) in [6.45, 7) is 6.92. The molecule has 0 radical (unpaired) electrons. The van der Waals surface area contributed by atoms with Crippen molar-refractivity contribution < 1.29 is 14.4 Å². The molecule has 0 fully saturated rings. The molecule has 0 aromatic heterocycles. The Morgan fingerprint density at radius 3 is 2.63 bits per heavy atom. The number of imide groups is 1. The van der Waals surface area contributed by atoms with E-state index in [2.05, 4.69) is 17.2 Å². The van der Waals surface area contributed by atoms with E-state index in [0.29, 0.717) is 22.3 Å². The van der Waals surface area contributed by atoms with Crippen LogP contribution in [0.2, 0.25) is 0 Å². The van der Waals surface area contributed by atoms with Crippen molar-refractivity contribution in [1.82, 2.24) is 10.6 Å². The van der Waals surface area contributed by atoms with Gasteiger partial charge in [0.2, 0.25) is 5.91 Å². The second-order valence-corrected chi connectivity index (χ2v) is 4.53. The summed E-state index contributed by atoms with van der Waals surface area (Å²) in [6.07, 6.45) is 0. The lowest BCUT2D eigenvalue weighted by molar-refractivity contribution is -0.118. The molecule has 1 aromatic rings. The fourth-order valence-corrected chi connectivity index (χ4v) is 2.00. The molecule has 0 bridgehead atoms. The van der Waals surface area contributed by atoms with Gasteiger partial charge in [-0.2, -0.15) is 0 Å². The predicted molar refractivity (Wildman–Crippen MR) is 69.6 cm³/mol. The van der Waals surface area contributed by atoms with Crippen LogP contribution in [-0.2, 0) is 4.79 Å². The minimum atomic E-state index is -0.424. The van der Waals surface area contributed by atoms with Crippen LogP contribution in [0, 0.1) is 0 Å². The number of hydrogen-bond donors (Lipinski definition) is 2. The van der Waals surface area contributed by atoms with Crippen LogP contribution in [0.3, 0.4) is 0 Å². The van der Waals surface area contributed by atoms with E-state index in [4.69, 9.17) is 0 Å². The van der Waals surface area contributed by atoms with Gasteiger partial charge in [0.1, 0.15) is 0 Å². The van der Waals surface area contributed by atoms with Crippen molar-refractivity contribution >= 4 is 17.7 Å². The highest BCUT2D eigenvalue weighted by atomic mass is 16.2. The molecule has 19 heavy (non-hydrogen) atoms.